The summed E-state index contributed by atoms with van der Waals surface area (Å²) in [4.78, 5) is 43.6. The van der Waals surface area contributed by atoms with E-state index >= 15 is 4.39 Å². The van der Waals surface area contributed by atoms with Crippen molar-refractivity contribution in [3.63, 3.8) is 0 Å². The Hall–Kier alpha value is -5.02. The molecule has 2 aromatic carbocycles. The number of aromatic nitrogens is 2. The van der Waals surface area contributed by atoms with Gasteiger partial charge in [0.05, 0.1) is 19.3 Å². The van der Waals surface area contributed by atoms with Gasteiger partial charge in [-0.1, -0.05) is 30.3 Å². The summed E-state index contributed by atoms with van der Waals surface area (Å²) in [5, 5.41) is 2.90. The van der Waals surface area contributed by atoms with Crippen molar-refractivity contribution in [1.82, 2.24) is 9.97 Å². The predicted octanol–water partition coefficient (Wildman–Crippen LogP) is 6.26. The van der Waals surface area contributed by atoms with E-state index in [0.29, 0.717) is 35.0 Å². The number of methoxy groups -OCH3 is 2. The Morgan fingerprint density at radius 2 is 1.54 bits per heavy atom. The summed E-state index contributed by atoms with van der Waals surface area (Å²) in [5.74, 6) is -0.781. The topological polar surface area (TPSA) is 107 Å². The Balaban J connectivity index is 1.65. The van der Waals surface area contributed by atoms with Crippen LogP contribution in [0.4, 0.5) is 10.1 Å². The number of hydrogen-bond acceptors (Lipinski definition) is 7. The normalized spacial score (nSPS) is 11.2. The molecule has 208 valence electrons. The molecule has 0 unspecified atom stereocenters. The third kappa shape index (κ3) is 6.26. The Morgan fingerprint density at radius 3 is 2.22 bits per heavy atom. The number of anilines is 1. The van der Waals surface area contributed by atoms with E-state index < -0.39 is 11.7 Å². The number of halogens is 1. The summed E-state index contributed by atoms with van der Waals surface area (Å²) in [6.07, 6.45) is 5.27. The van der Waals surface area contributed by atoms with Crippen LogP contribution in [0.15, 0.2) is 60.9 Å². The van der Waals surface area contributed by atoms with Crippen molar-refractivity contribution >= 4 is 36.1 Å². The monoisotopic (exact) mass is 553 g/mol. The predicted molar refractivity (Wildman–Crippen MR) is 155 cm³/mol. The molecule has 4 rings (SSSR count). The Kier molecular flexibility index (Phi) is 9.11. The van der Waals surface area contributed by atoms with E-state index in [1.165, 1.54) is 44.8 Å². The second-order valence-corrected chi connectivity index (χ2v) is 9.19. The van der Waals surface area contributed by atoms with E-state index in [-0.39, 0.29) is 29.3 Å². The maximum atomic E-state index is 15.2. The van der Waals surface area contributed by atoms with Gasteiger partial charge in [-0.2, -0.15) is 0 Å². The fourth-order valence-electron chi connectivity index (χ4n) is 4.42. The molecule has 1 amide bonds. The first kappa shape index (κ1) is 29.0. The number of amides is 1. The molecular formula is C32H28FN3O5. The maximum absolute atomic E-state index is 15.2. The summed E-state index contributed by atoms with van der Waals surface area (Å²) in [6, 6.07) is 14.0. The number of nitrogens with one attached hydrogen (secondary N) is 1. The highest BCUT2D eigenvalue weighted by molar-refractivity contribution is 6.04. The van der Waals surface area contributed by atoms with Gasteiger partial charge < -0.3 is 14.8 Å². The van der Waals surface area contributed by atoms with Crippen LogP contribution in [-0.2, 0) is 11.3 Å². The molecule has 0 atom stereocenters. The van der Waals surface area contributed by atoms with Crippen molar-refractivity contribution < 1.29 is 28.2 Å². The average Bonchev–Trinajstić information content (AvgIpc) is 2.99. The molecule has 2 heterocycles. The lowest BCUT2D eigenvalue weighted by molar-refractivity contribution is 0.101. The molecule has 0 bridgehead atoms. The zero-order valence-corrected chi connectivity index (χ0v) is 23.0. The second kappa shape index (κ2) is 12.9. The number of ether oxygens (including phenoxy) is 2. The molecule has 0 radical (unpaired) electrons. The number of carbonyl (C=O) groups excluding carboxylic acids is 3. The van der Waals surface area contributed by atoms with Crippen LogP contribution in [0.3, 0.4) is 0 Å². The molecule has 0 spiro atoms. The summed E-state index contributed by atoms with van der Waals surface area (Å²) in [5.41, 5.74) is 5.91. The van der Waals surface area contributed by atoms with Crippen molar-refractivity contribution in [2.24, 2.45) is 0 Å². The van der Waals surface area contributed by atoms with Crippen LogP contribution in [0.1, 0.15) is 59.2 Å². The highest BCUT2D eigenvalue weighted by Gasteiger charge is 2.16. The minimum Gasteiger partial charge on any atom is -0.496 e. The second-order valence-electron chi connectivity index (χ2n) is 9.19. The van der Waals surface area contributed by atoms with Gasteiger partial charge in [0.25, 0.3) is 5.91 Å². The standard InChI is InChI=1S/C32H28FN3O5/c1-19-21(11-27(33)29-13-31(41-4)24(17-38)15-34-29)7-5-8-25(19)26-9-6-10-28(20(26)2)36-32(39)30-12-22(18-40-3)23(16-37)14-35-30/h5-17H,18H2,1-4H3,(H,36,39)/b27-11-. The number of carbonyl (C=O) groups is 3. The van der Waals surface area contributed by atoms with Crippen LogP contribution < -0.4 is 10.1 Å². The number of rotatable bonds is 10. The molecule has 8 nitrogen and oxygen atoms in total. The number of hydrogen-bond donors (Lipinski definition) is 1. The van der Waals surface area contributed by atoms with Crippen LogP contribution >= 0.6 is 0 Å². The lowest BCUT2D eigenvalue weighted by Crippen LogP contribution is -2.15. The van der Waals surface area contributed by atoms with E-state index in [9.17, 15) is 14.4 Å². The highest BCUT2D eigenvalue weighted by atomic mass is 19.1. The maximum Gasteiger partial charge on any atom is 0.274 e. The van der Waals surface area contributed by atoms with Gasteiger partial charge in [0.15, 0.2) is 12.6 Å². The average molecular weight is 554 g/mol. The fourth-order valence-corrected chi connectivity index (χ4v) is 4.42. The molecule has 0 fully saturated rings. The number of aldehydes is 2. The fraction of sp³-hybridized carbons (Fsp3) is 0.156. The van der Waals surface area contributed by atoms with Crippen LogP contribution in [0.25, 0.3) is 23.0 Å². The van der Waals surface area contributed by atoms with Gasteiger partial charge in [-0.25, -0.2) is 4.39 Å². The molecule has 0 aliphatic rings. The Morgan fingerprint density at radius 1 is 0.878 bits per heavy atom. The summed E-state index contributed by atoms with van der Waals surface area (Å²) in [6.45, 7) is 3.94. The van der Waals surface area contributed by atoms with Crippen molar-refractivity contribution in [3.05, 3.63) is 106 Å². The van der Waals surface area contributed by atoms with Crippen LogP contribution in [0.2, 0.25) is 0 Å². The molecule has 41 heavy (non-hydrogen) atoms. The highest BCUT2D eigenvalue weighted by Crippen LogP contribution is 2.34. The van der Waals surface area contributed by atoms with Gasteiger partial charge in [0.2, 0.25) is 0 Å². The molecule has 4 aromatic rings. The van der Waals surface area contributed by atoms with E-state index in [1.54, 1.807) is 12.1 Å². The number of nitrogens with zero attached hydrogens (tertiary/aromatic N) is 2. The van der Waals surface area contributed by atoms with Crippen LogP contribution in [-0.4, -0.2) is 42.7 Å². The number of benzene rings is 2. The lowest BCUT2D eigenvalue weighted by atomic mass is 9.92. The molecule has 9 heteroatoms. The third-order valence-corrected chi connectivity index (χ3v) is 6.70. The van der Waals surface area contributed by atoms with Crippen molar-refractivity contribution in [3.8, 4) is 16.9 Å². The molecule has 0 aliphatic heterocycles. The SMILES string of the molecule is COCc1cc(C(=O)Nc2cccc(-c3cccc(/C=C(\F)c4cc(OC)c(C=O)cn4)c3C)c2C)ncc1C=O. The first-order chi connectivity index (χ1) is 19.8. The van der Waals surface area contributed by atoms with Crippen LogP contribution in [0, 0.1) is 13.8 Å². The summed E-state index contributed by atoms with van der Waals surface area (Å²) in [7, 11) is 2.91. The van der Waals surface area contributed by atoms with Crippen molar-refractivity contribution in [2.75, 3.05) is 19.5 Å². The largest absolute Gasteiger partial charge is 0.496 e. The van der Waals surface area contributed by atoms with Gasteiger partial charge in [-0.15, -0.1) is 0 Å². The minimum atomic E-state index is -0.584. The van der Waals surface area contributed by atoms with Gasteiger partial charge >= 0.3 is 0 Å². The number of pyridine rings is 2. The molecule has 0 saturated carbocycles. The van der Waals surface area contributed by atoms with Crippen molar-refractivity contribution in [1.29, 1.82) is 0 Å². The van der Waals surface area contributed by atoms with Gasteiger partial charge in [-0.05, 0) is 65.4 Å². The lowest BCUT2D eigenvalue weighted by Gasteiger charge is -2.16. The van der Waals surface area contributed by atoms with E-state index in [2.05, 4.69) is 15.3 Å². The first-order valence-electron chi connectivity index (χ1n) is 12.6. The van der Waals surface area contributed by atoms with E-state index in [0.717, 1.165) is 22.3 Å². The van der Waals surface area contributed by atoms with Crippen LogP contribution in [0.5, 0.6) is 5.75 Å². The van der Waals surface area contributed by atoms with E-state index in [4.69, 9.17) is 9.47 Å². The van der Waals surface area contributed by atoms with Gasteiger partial charge in [0, 0.05) is 36.8 Å². The van der Waals surface area contributed by atoms with Gasteiger partial charge in [0.1, 0.15) is 23.0 Å². The smallest absolute Gasteiger partial charge is 0.274 e. The Bertz CT molecular complexity index is 1670. The zero-order chi connectivity index (χ0) is 29.5. The van der Waals surface area contributed by atoms with E-state index in [1.807, 2.05) is 38.1 Å². The molecule has 1 N–H and O–H groups in total. The minimum absolute atomic E-state index is 0.0431. The van der Waals surface area contributed by atoms with Crippen molar-refractivity contribution in [2.45, 2.75) is 20.5 Å². The molecule has 0 saturated heterocycles. The summed E-state index contributed by atoms with van der Waals surface area (Å²) < 4.78 is 25.5. The third-order valence-electron chi connectivity index (χ3n) is 6.70. The quantitative estimate of drug-likeness (QED) is 0.231. The molecular weight excluding hydrogens is 525 g/mol. The molecule has 2 aromatic heterocycles. The van der Waals surface area contributed by atoms with Gasteiger partial charge in [-0.3, -0.25) is 24.4 Å². The summed E-state index contributed by atoms with van der Waals surface area (Å²) >= 11 is 0. The zero-order valence-electron chi connectivity index (χ0n) is 23.0. The molecule has 0 aliphatic carbocycles. The first-order valence-corrected chi connectivity index (χ1v) is 12.6. The Labute approximate surface area is 236 Å².